The van der Waals surface area contributed by atoms with Crippen LogP contribution in [0.15, 0.2) is 11.6 Å². The molecule has 1 N–H and O–H groups in total. The van der Waals surface area contributed by atoms with Gasteiger partial charge in [-0.25, -0.2) is 4.79 Å². The number of halogens is 1. The molecule has 0 atom stereocenters. The highest BCUT2D eigenvalue weighted by atomic mass is 127. The standard InChI is InChI=1S/C18H23IO4S/c1-5-14-12(3)13(4)16(18(21)22)17(23-8-9-24-19)15(14)7-6-11(2)10-20/h6,10H,5,7-9H2,1-4H3,(H,21,22)/b11-6+. The highest BCUT2D eigenvalue weighted by molar-refractivity contribution is 14.2. The third-order valence-corrected chi connectivity index (χ3v) is 5.69. The molecule has 1 aromatic carbocycles. The second kappa shape index (κ2) is 10.1. The highest BCUT2D eigenvalue weighted by Gasteiger charge is 2.24. The van der Waals surface area contributed by atoms with Crippen LogP contribution in [0.2, 0.25) is 0 Å². The summed E-state index contributed by atoms with van der Waals surface area (Å²) in [5, 5.41) is 9.68. The maximum atomic E-state index is 11.8. The summed E-state index contributed by atoms with van der Waals surface area (Å²) in [5.74, 6) is 0.243. The zero-order valence-corrected chi connectivity index (χ0v) is 17.4. The molecule has 1 rings (SSSR count). The molecule has 0 bridgehead atoms. The fourth-order valence-corrected chi connectivity index (χ4v) is 3.38. The van der Waals surface area contributed by atoms with Crippen molar-refractivity contribution in [3.8, 4) is 5.75 Å². The van der Waals surface area contributed by atoms with Gasteiger partial charge in [0.15, 0.2) is 0 Å². The largest absolute Gasteiger partial charge is 0.491 e. The zero-order valence-electron chi connectivity index (χ0n) is 14.4. The molecule has 1 aromatic rings. The second-order valence-corrected chi connectivity index (χ2v) is 8.00. The van der Waals surface area contributed by atoms with E-state index >= 15 is 0 Å². The number of aromatic carboxylic acids is 1. The lowest BCUT2D eigenvalue weighted by atomic mass is 9.88. The zero-order chi connectivity index (χ0) is 18.3. The Morgan fingerprint density at radius 2 is 1.96 bits per heavy atom. The summed E-state index contributed by atoms with van der Waals surface area (Å²) in [6, 6.07) is 0. The monoisotopic (exact) mass is 462 g/mol. The molecule has 0 heterocycles. The third kappa shape index (κ3) is 4.99. The van der Waals surface area contributed by atoms with Crippen molar-refractivity contribution in [3.05, 3.63) is 39.5 Å². The highest BCUT2D eigenvalue weighted by Crippen LogP contribution is 2.35. The molecule has 0 aliphatic heterocycles. The maximum absolute atomic E-state index is 11.8. The van der Waals surface area contributed by atoms with E-state index in [4.69, 9.17) is 4.74 Å². The van der Waals surface area contributed by atoms with E-state index in [9.17, 15) is 14.7 Å². The Kier molecular flexibility index (Phi) is 8.83. The minimum Gasteiger partial charge on any atom is -0.491 e. The van der Waals surface area contributed by atoms with Gasteiger partial charge in [-0.15, -0.1) is 0 Å². The molecule has 0 saturated carbocycles. The topological polar surface area (TPSA) is 63.6 Å². The van der Waals surface area contributed by atoms with Crippen molar-refractivity contribution in [2.75, 3.05) is 12.4 Å². The van der Waals surface area contributed by atoms with Gasteiger partial charge in [0.05, 0.1) is 6.61 Å². The predicted octanol–water partition coefficient (Wildman–Crippen LogP) is 4.71. The first-order chi connectivity index (χ1) is 11.4. The van der Waals surface area contributed by atoms with E-state index in [-0.39, 0.29) is 5.56 Å². The molecule has 0 radical (unpaired) electrons. The summed E-state index contributed by atoms with van der Waals surface area (Å²) in [6.07, 6.45) is 3.90. The summed E-state index contributed by atoms with van der Waals surface area (Å²) >= 11 is 2.19. The van der Waals surface area contributed by atoms with Crippen molar-refractivity contribution in [1.82, 2.24) is 0 Å². The normalized spacial score (nSPS) is 11.5. The third-order valence-electron chi connectivity index (χ3n) is 4.04. The van der Waals surface area contributed by atoms with E-state index in [0.717, 1.165) is 40.7 Å². The number of aldehydes is 1. The molecule has 0 spiro atoms. The van der Waals surface area contributed by atoms with Gasteiger partial charge in [0, 0.05) is 11.3 Å². The van der Waals surface area contributed by atoms with Gasteiger partial charge in [0.1, 0.15) is 17.6 Å². The maximum Gasteiger partial charge on any atom is 0.339 e. The summed E-state index contributed by atoms with van der Waals surface area (Å²) < 4.78 is 5.89. The molecule has 0 saturated heterocycles. The number of hydrogen-bond donors (Lipinski definition) is 1. The molecule has 0 aromatic heterocycles. The van der Waals surface area contributed by atoms with Gasteiger partial charge in [-0.3, -0.25) is 4.79 Å². The fourth-order valence-electron chi connectivity index (χ4n) is 2.70. The van der Waals surface area contributed by atoms with Crippen LogP contribution in [0.1, 0.15) is 46.5 Å². The summed E-state index contributed by atoms with van der Waals surface area (Å²) in [4.78, 5) is 22.7. The first-order valence-electron chi connectivity index (χ1n) is 7.75. The van der Waals surface area contributed by atoms with E-state index in [1.165, 1.54) is 0 Å². The molecule has 0 fully saturated rings. The van der Waals surface area contributed by atoms with Crippen LogP contribution >= 0.6 is 30.1 Å². The van der Waals surface area contributed by atoms with Crippen molar-refractivity contribution in [3.63, 3.8) is 0 Å². The van der Waals surface area contributed by atoms with Gasteiger partial charge in [-0.2, -0.15) is 0 Å². The van der Waals surface area contributed by atoms with E-state index in [1.807, 2.05) is 26.8 Å². The van der Waals surface area contributed by atoms with Crippen LogP contribution in [0.3, 0.4) is 0 Å². The number of benzene rings is 1. The summed E-state index contributed by atoms with van der Waals surface area (Å²) in [5.41, 5.74) is 4.56. The average molecular weight is 462 g/mol. The van der Waals surface area contributed by atoms with Crippen molar-refractivity contribution in [2.24, 2.45) is 0 Å². The second-order valence-electron chi connectivity index (χ2n) is 5.50. The number of carboxylic acids is 1. The molecular weight excluding hydrogens is 439 g/mol. The van der Waals surface area contributed by atoms with Crippen molar-refractivity contribution in [2.45, 2.75) is 40.5 Å². The molecule has 6 heteroatoms. The number of allylic oxidation sites excluding steroid dienone is 2. The lowest BCUT2D eigenvalue weighted by Crippen LogP contribution is -2.14. The van der Waals surface area contributed by atoms with Crippen LogP contribution in [-0.2, 0) is 17.6 Å². The van der Waals surface area contributed by atoms with E-state index < -0.39 is 5.97 Å². The van der Waals surface area contributed by atoms with Gasteiger partial charge in [0.25, 0.3) is 0 Å². The molecule has 0 aliphatic carbocycles. The van der Waals surface area contributed by atoms with Gasteiger partial charge >= 0.3 is 5.97 Å². The lowest BCUT2D eigenvalue weighted by molar-refractivity contribution is -0.104. The number of carbonyl (C=O) groups excluding carboxylic acids is 1. The Bertz CT molecular complexity index is 653. The number of carboxylic acid groups (broad SMARTS) is 1. The van der Waals surface area contributed by atoms with Gasteiger partial charge in [-0.1, -0.05) is 21.9 Å². The van der Waals surface area contributed by atoms with E-state index in [0.29, 0.717) is 24.4 Å². The minimum absolute atomic E-state index is 0.232. The summed E-state index contributed by atoms with van der Waals surface area (Å²) in [7, 11) is 1.62. The van der Waals surface area contributed by atoms with Crippen molar-refractivity contribution in [1.29, 1.82) is 0 Å². The smallest absolute Gasteiger partial charge is 0.339 e. The molecule has 4 nitrogen and oxygen atoms in total. The van der Waals surface area contributed by atoms with Crippen LogP contribution in [-0.4, -0.2) is 29.7 Å². The average Bonchev–Trinajstić information content (AvgIpc) is 2.55. The quantitative estimate of drug-likeness (QED) is 0.249. The predicted molar refractivity (Wildman–Crippen MR) is 108 cm³/mol. The molecular formula is C18H23IO4S. The minimum atomic E-state index is -0.979. The van der Waals surface area contributed by atoms with Crippen LogP contribution < -0.4 is 4.74 Å². The van der Waals surface area contributed by atoms with Crippen LogP contribution in [0, 0.1) is 13.8 Å². The Morgan fingerprint density at radius 1 is 1.29 bits per heavy atom. The molecule has 0 unspecified atom stereocenters. The van der Waals surface area contributed by atoms with Crippen LogP contribution in [0.25, 0.3) is 0 Å². The number of carbonyl (C=O) groups is 2. The molecule has 24 heavy (non-hydrogen) atoms. The van der Waals surface area contributed by atoms with E-state index in [2.05, 4.69) is 21.2 Å². The van der Waals surface area contributed by atoms with Gasteiger partial charge < -0.3 is 9.84 Å². The Hall–Kier alpha value is -1.02. The lowest BCUT2D eigenvalue weighted by Gasteiger charge is -2.21. The van der Waals surface area contributed by atoms with Crippen LogP contribution in [0.4, 0.5) is 0 Å². The summed E-state index contributed by atoms with van der Waals surface area (Å²) in [6.45, 7) is 8.01. The Balaban J connectivity index is 3.58. The molecule has 0 amide bonds. The first-order valence-corrected chi connectivity index (χ1v) is 11.3. The first kappa shape index (κ1) is 21.0. The fraction of sp³-hybridized carbons (Fsp3) is 0.444. The van der Waals surface area contributed by atoms with Crippen molar-refractivity contribution < 1.29 is 19.4 Å². The van der Waals surface area contributed by atoms with Crippen molar-refractivity contribution >= 4 is 42.4 Å². The molecule has 132 valence electrons. The van der Waals surface area contributed by atoms with Gasteiger partial charge in [-0.05, 0) is 77.1 Å². The van der Waals surface area contributed by atoms with E-state index in [1.54, 1.807) is 15.9 Å². The number of hydrogen-bond acceptors (Lipinski definition) is 4. The number of rotatable bonds is 9. The Morgan fingerprint density at radius 3 is 2.46 bits per heavy atom. The number of ether oxygens (including phenoxy) is 1. The Labute approximate surface area is 159 Å². The van der Waals surface area contributed by atoms with Crippen LogP contribution in [0.5, 0.6) is 5.75 Å². The van der Waals surface area contributed by atoms with Gasteiger partial charge in [0.2, 0.25) is 0 Å². The SMILES string of the molecule is CCc1c(C)c(C)c(C(=O)O)c(OCCSI)c1C/C=C(\C)C=O. The molecule has 0 aliphatic rings.